The molecule has 1 fully saturated rings. The van der Waals surface area contributed by atoms with E-state index >= 15 is 0 Å². The summed E-state index contributed by atoms with van der Waals surface area (Å²) in [6.45, 7) is 2.14. The van der Waals surface area contributed by atoms with Crippen LogP contribution in [-0.4, -0.2) is 22.9 Å². The van der Waals surface area contributed by atoms with Crippen LogP contribution in [0.25, 0.3) is 0 Å². The number of oxime groups is 1. The Labute approximate surface area is 131 Å². The largest absolute Gasteiger partial charge is 0.411 e. The molecule has 3 rings (SSSR count). The van der Waals surface area contributed by atoms with Crippen LogP contribution in [0.15, 0.2) is 65.8 Å². The molecule has 2 aromatic rings. The maximum Gasteiger partial charge on any atom is 0.0636 e. The molecule has 0 spiro atoms. The van der Waals surface area contributed by atoms with E-state index in [-0.39, 0.29) is 18.0 Å². The quantitative estimate of drug-likeness (QED) is 0.663. The van der Waals surface area contributed by atoms with Crippen LogP contribution in [0, 0.1) is 5.92 Å². The second kappa shape index (κ2) is 6.32. The van der Waals surface area contributed by atoms with Gasteiger partial charge in [0.2, 0.25) is 0 Å². The third kappa shape index (κ3) is 2.64. The van der Waals surface area contributed by atoms with Crippen LogP contribution in [0.3, 0.4) is 0 Å². The van der Waals surface area contributed by atoms with E-state index in [1.165, 1.54) is 11.1 Å². The van der Waals surface area contributed by atoms with E-state index < -0.39 is 0 Å². The lowest BCUT2D eigenvalue weighted by Gasteiger charge is -2.44. The van der Waals surface area contributed by atoms with Gasteiger partial charge in [-0.1, -0.05) is 72.7 Å². The molecule has 1 N–H and O–H groups in total. The number of nitrogens with zero attached hydrogens (tertiary/aromatic N) is 2. The summed E-state index contributed by atoms with van der Waals surface area (Å²) in [4.78, 5) is 2.41. The van der Waals surface area contributed by atoms with Gasteiger partial charge >= 0.3 is 0 Å². The number of benzene rings is 2. The minimum absolute atomic E-state index is 0.192. The van der Waals surface area contributed by atoms with E-state index in [0.29, 0.717) is 0 Å². The number of hydrogen-bond donors (Lipinski definition) is 1. The molecule has 1 aliphatic heterocycles. The van der Waals surface area contributed by atoms with E-state index in [2.05, 4.69) is 72.6 Å². The second-order valence-corrected chi connectivity index (χ2v) is 6.03. The Kier molecular flexibility index (Phi) is 4.25. The van der Waals surface area contributed by atoms with E-state index in [1.54, 1.807) is 0 Å². The number of hydrogen-bond acceptors (Lipinski definition) is 3. The molecule has 3 heteroatoms. The molecule has 22 heavy (non-hydrogen) atoms. The first-order chi connectivity index (χ1) is 10.7. The third-order valence-corrected chi connectivity index (χ3v) is 4.79. The SMILES string of the molecule is C[C@H]1/C(=N\O)C[C@H](c2ccccc2)N(C)[C@@H]1c1ccccc1. The highest BCUT2D eigenvalue weighted by atomic mass is 16.4. The maximum absolute atomic E-state index is 9.45. The summed E-state index contributed by atoms with van der Waals surface area (Å²) in [6.07, 6.45) is 0.765. The number of rotatable bonds is 2. The Morgan fingerprint density at radius 2 is 1.50 bits per heavy atom. The zero-order valence-corrected chi connectivity index (χ0v) is 13.1. The first-order valence-electron chi connectivity index (χ1n) is 7.75. The van der Waals surface area contributed by atoms with Crippen molar-refractivity contribution in [2.24, 2.45) is 11.1 Å². The predicted octanol–water partition coefficient (Wildman–Crippen LogP) is 4.27. The molecule has 0 radical (unpaired) electrons. The molecule has 3 atom stereocenters. The van der Waals surface area contributed by atoms with Crippen LogP contribution in [0.1, 0.15) is 36.6 Å². The summed E-state index contributed by atoms with van der Waals surface area (Å²) >= 11 is 0. The van der Waals surface area contributed by atoms with Gasteiger partial charge in [0.1, 0.15) is 0 Å². The monoisotopic (exact) mass is 294 g/mol. The van der Waals surface area contributed by atoms with E-state index in [0.717, 1.165) is 12.1 Å². The van der Waals surface area contributed by atoms with Crippen molar-refractivity contribution < 1.29 is 5.21 Å². The van der Waals surface area contributed by atoms with Gasteiger partial charge in [-0.25, -0.2) is 0 Å². The Bertz CT molecular complexity index is 639. The molecule has 0 bridgehead atoms. The summed E-state index contributed by atoms with van der Waals surface area (Å²) in [5, 5.41) is 13.1. The molecular weight excluding hydrogens is 272 g/mol. The highest BCUT2D eigenvalue weighted by molar-refractivity contribution is 5.88. The van der Waals surface area contributed by atoms with Crippen molar-refractivity contribution in [1.29, 1.82) is 0 Å². The Morgan fingerprint density at radius 1 is 0.955 bits per heavy atom. The Balaban J connectivity index is 2.01. The molecule has 0 amide bonds. The summed E-state index contributed by atoms with van der Waals surface area (Å²) in [5.41, 5.74) is 3.40. The summed E-state index contributed by atoms with van der Waals surface area (Å²) in [6, 6.07) is 21.4. The molecule has 2 aromatic carbocycles. The van der Waals surface area contributed by atoms with Gasteiger partial charge in [0.15, 0.2) is 0 Å². The summed E-state index contributed by atoms with van der Waals surface area (Å²) < 4.78 is 0. The molecule has 0 aromatic heterocycles. The molecule has 114 valence electrons. The molecule has 1 heterocycles. The minimum atomic E-state index is 0.192. The van der Waals surface area contributed by atoms with Gasteiger partial charge in [-0.2, -0.15) is 0 Å². The summed E-state index contributed by atoms with van der Waals surface area (Å²) in [7, 11) is 2.17. The Hall–Kier alpha value is -2.13. The van der Waals surface area contributed by atoms with Crippen molar-refractivity contribution in [2.45, 2.75) is 25.4 Å². The second-order valence-electron chi connectivity index (χ2n) is 6.03. The lowest BCUT2D eigenvalue weighted by molar-refractivity contribution is 0.128. The van der Waals surface area contributed by atoms with Crippen LogP contribution in [-0.2, 0) is 0 Å². The maximum atomic E-state index is 9.45. The highest BCUT2D eigenvalue weighted by Crippen LogP contribution is 2.42. The molecular formula is C19H22N2O. The highest BCUT2D eigenvalue weighted by Gasteiger charge is 2.38. The zero-order valence-electron chi connectivity index (χ0n) is 13.1. The molecule has 1 aliphatic rings. The first kappa shape index (κ1) is 14.8. The molecule has 0 aliphatic carbocycles. The topological polar surface area (TPSA) is 35.8 Å². The average molecular weight is 294 g/mol. The predicted molar refractivity (Wildman–Crippen MR) is 89.1 cm³/mol. The van der Waals surface area contributed by atoms with Crippen molar-refractivity contribution in [2.75, 3.05) is 7.05 Å². The lowest BCUT2D eigenvalue weighted by atomic mass is 9.80. The van der Waals surface area contributed by atoms with Gasteiger partial charge < -0.3 is 5.21 Å². The minimum Gasteiger partial charge on any atom is -0.411 e. The standard InChI is InChI=1S/C19H22N2O/c1-14-17(20-22)13-18(15-9-5-3-6-10-15)21(2)19(14)16-11-7-4-8-12-16/h3-12,14,18-19,22H,13H2,1-2H3/b20-17-/t14-,18+,19-/m0/s1. The van der Waals surface area contributed by atoms with Gasteiger partial charge in [0, 0.05) is 24.4 Å². The van der Waals surface area contributed by atoms with Crippen LogP contribution in [0.2, 0.25) is 0 Å². The third-order valence-electron chi connectivity index (χ3n) is 4.79. The first-order valence-corrected chi connectivity index (χ1v) is 7.75. The van der Waals surface area contributed by atoms with Gasteiger partial charge in [-0.15, -0.1) is 0 Å². The Morgan fingerprint density at radius 3 is 2.05 bits per heavy atom. The van der Waals surface area contributed by atoms with Gasteiger partial charge in [-0.05, 0) is 18.2 Å². The summed E-state index contributed by atoms with van der Waals surface area (Å²) in [5.74, 6) is 0.192. The molecule has 3 nitrogen and oxygen atoms in total. The molecule has 0 unspecified atom stereocenters. The van der Waals surface area contributed by atoms with Crippen molar-refractivity contribution in [3.05, 3.63) is 71.8 Å². The molecule has 1 saturated heterocycles. The van der Waals surface area contributed by atoms with Gasteiger partial charge in [-0.3, -0.25) is 4.90 Å². The normalized spacial score (nSPS) is 27.9. The van der Waals surface area contributed by atoms with Crippen molar-refractivity contribution in [3.8, 4) is 0 Å². The van der Waals surface area contributed by atoms with Gasteiger partial charge in [0.25, 0.3) is 0 Å². The smallest absolute Gasteiger partial charge is 0.0636 e. The lowest BCUT2D eigenvalue weighted by Crippen LogP contribution is -2.42. The number of piperidine rings is 1. The average Bonchev–Trinajstić information content (AvgIpc) is 2.57. The van der Waals surface area contributed by atoms with Crippen LogP contribution >= 0.6 is 0 Å². The van der Waals surface area contributed by atoms with Crippen molar-refractivity contribution in [1.82, 2.24) is 4.90 Å². The van der Waals surface area contributed by atoms with Crippen LogP contribution in [0.5, 0.6) is 0 Å². The fourth-order valence-corrected chi connectivity index (χ4v) is 3.59. The van der Waals surface area contributed by atoms with E-state index in [1.807, 2.05) is 12.1 Å². The van der Waals surface area contributed by atoms with Crippen molar-refractivity contribution >= 4 is 5.71 Å². The van der Waals surface area contributed by atoms with Crippen LogP contribution in [0.4, 0.5) is 0 Å². The van der Waals surface area contributed by atoms with Crippen molar-refractivity contribution in [3.63, 3.8) is 0 Å². The van der Waals surface area contributed by atoms with Gasteiger partial charge in [0.05, 0.1) is 5.71 Å². The number of likely N-dealkylation sites (tertiary alicyclic amines) is 1. The van der Waals surface area contributed by atoms with Crippen LogP contribution < -0.4 is 0 Å². The zero-order chi connectivity index (χ0) is 15.5. The fourth-order valence-electron chi connectivity index (χ4n) is 3.59. The fraction of sp³-hybridized carbons (Fsp3) is 0.316. The molecule has 0 saturated carbocycles. The van der Waals surface area contributed by atoms with E-state index in [9.17, 15) is 5.21 Å². The van der Waals surface area contributed by atoms with E-state index in [4.69, 9.17) is 0 Å².